The van der Waals surface area contributed by atoms with Gasteiger partial charge in [0.05, 0.1) is 22.9 Å². The highest BCUT2D eigenvalue weighted by atomic mass is 127. The number of amidine groups is 2. The molecule has 0 bridgehead atoms. The summed E-state index contributed by atoms with van der Waals surface area (Å²) >= 11 is 2.20. The van der Waals surface area contributed by atoms with Crippen molar-refractivity contribution in [1.82, 2.24) is 5.32 Å². The van der Waals surface area contributed by atoms with Crippen LogP contribution in [0.3, 0.4) is 0 Å². The number of nitrogens with one attached hydrogen (secondary N) is 1. The van der Waals surface area contributed by atoms with Gasteiger partial charge in [0.25, 0.3) is 5.69 Å². The van der Waals surface area contributed by atoms with Crippen LogP contribution in [0.15, 0.2) is 150 Å². The van der Waals surface area contributed by atoms with Gasteiger partial charge in [0.1, 0.15) is 17.7 Å². The van der Waals surface area contributed by atoms with E-state index in [0.29, 0.717) is 11.5 Å². The zero-order valence-corrected chi connectivity index (χ0v) is 31.1. The lowest BCUT2D eigenvalue weighted by Crippen LogP contribution is -2.33. The molecular formula is C44H37IN5O+. The van der Waals surface area contributed by atoms with Crippen LogP contribution in [0, 0.1) is 4.91 Å². The van der Waals surface area contributed by atoms with Gasteiger partial charge in [-0.25, -0.2) is 9.98 Å². The van der Waals surface area contributed by atoms with Gasteiger partial charge in [-0.1, -0.05) is 129 Å². The Labute approximate surface area is 312 Å². The van der Waals surface area contributed by atoms with Crippen molar-refractivity contribution < 1.29 is 4.76 Å². The number of hydrogen-bond donors (Lipinski definition) is 1. The van der Waals surface area contributed by atoms with Crippen molar-refractivity contribution >= 4 is 45.9 Å². The number of fused-ring (bicyclic) bond motifs is 3. The van der Waals surface area contributed by atoms with Gasteiger partial charge in [0.15, 0.2) is 12.9 Å². The molecule has 7 heteroatoms. The van der Waals surface area contributed by atoms with Crippen LogP contribution < -0.4 is 8.43 Å². The van der Waals surface area contributed by atoms with Crippen LogP contribution in [0.5, 0.6) is 0 Å². The lowest BCUT2D eigenvalue weighted by molar-refractivity contribution is -0.427. The molecular weight excluding hydrogens is 741 g/mol. The first-order valence-electron chi connectivity index (χ1n) is 17.1. The molecule has 0 amide bonds. The van der Waals surface area contributed by atoms with E-state index in [-0.39, 0.29) is 11.6 Å². The van der Waals surface area contributed by atoms with Crippen LogP contribution in [0.1, 0.15) is 47.8 Å². The Kier molecular flexibility index (Phi) is 8.38. The molecule has 6 aromatic rings. The summed E-state index contributed by atoms with van der Waals surface area (Å²) in [6.07, 6.45) is -0.296. The van der Waals surface area contributed by atoms with Crippen molar-refractivity contribution in [2.75, 3.05) is 17.2 Å². The second-order valence-corrected chi connectivity index (χ2v) is 15.1. The normalized spacial score (nSPS) is 15.6. The maximum absolute atomic E-state index is 12.2. The first-order valence-corrected chi connectivity index (χ1v) is 18.0. The minimum absolute atomic E-state index is 0.187. The second kappa shape index (κ2) is 13.0. The summed E-state index contributed by atoms with van der Waals surface area (Å²) in [5.74, 6) is 1.47. The topological polar surface area (TPSA) is 60.1 Å². The first kappa shape index (κ1) is 32.8. The summed E-state index contributed by atoms with van der Waals surface area (Å²) in [6, 6.07) is 48.7. The van der Waals surface area contributed by atoms with Gasteiger partial charge in [-0.2, -0.15) is 0 Å². The van der Waals surface area contributed by atoms with E-state index in [1.54, 1.807) is 0 Å². The Hall–Kier alpha value is -5.41. The standard InChI is InChI=1S/C44H37IN5O/c1-44(2)36-17-11-16-34(29-12-7-5-8-13-29)40(36)35-24-22-33(26-37(35)44)43-47-41(30-14-9-6-10-15-30)46-42(48-43)31-20-18-28(19-21-31)32-23-25-38(50(4)51)39(27-32)49(3)45/h5-27,41H,1-4H3,(H,46,47,48)/q+1. The highest BCUT2D eigenvalue weighted by molar-refractivity contribution is 14.1. The Bertz CT molecular complexity index is 2360. The number of nitroso groups, excluding NO2 is 1. The lowest BCUT2D eigenvalue weighted by Gasteiger charge is -2.25. The Balaban J connectivity index is 1.19. The molecule has 51 heavy (non-hydrogen) atoms. The minimum atomic E-state index is -0.296. The molecule has 0 spiro atoms. The van der Waals surface area contributed by atoms with Crippen molar-refractivity contribution in [3.05, 3.63) is 172 Å². The van der Waals surface area contributed by atoms with Crippen molar-refractivity contribution in [2.24, 2.45) is 9.98 Å². The zero-order chi connectivity index (χ0) is 35.3. The van der Waals surface area contributed by atoms with Gasteiger partial charge in [0.2, 0.25) is 0 Å². The molecule has 0 aromatic heterocycles. The smallest absolute Gasteiger partial charge is 0.279 e. The summed E-state index contributed by atoms with van der Waals surface area (Å²) in [6.45, 7) is 4.63. The molecule has 1 atom stereocenters. The monoisotopic (exact) mass is 778 g/mol. The molecule has 6 aromatic carbocycles. The number of aliphatic imine (C=N–C) groups is 2. The Morgan fingerprint density at radius 2 is 1.35 bits per heavy atom. The van der Waals surface area contributed by atoms with E-state index in [1.165, 1.54) is 40.4 Å². The molecule has 0 radical (unpaired) electrons. The number of hydrogen-bond acceptors (Lipinski definition) is 5. The van der Waals surface area contributed by atoms with Crippen molar-refractivity contribution in [3.63, 3.8) is 0 Å². The molecule has 0 saturated heterocycles. The molecule has 1 N–H and O–H groups in total. The molecule has 1 unspecified atom stereocenters. The minimum Gasteiger partial charge on any atom is -0.344 e. The Morgan fingerprint density at radius 1 is 0.686 bits per heavy atom. The summed E-state index contributed by atoms with van der Waals surface area (Å²) < 4.78 is 2.83. The van der Waals surface area contributed by atoms with E-state index in [1.807, 2.05) is 46.6 Å². The summed E-state index contributed by atoms with van der Waals surface area (Å²) in [5.41, 5.74) is 14.1. The predicted octanol–water partition coefficient (Wildman–Crippen LogP) is 10.6. The zero-order valence-electron chi connectivity index (χ0n) is 28.9. The van der Waals surface area contributed by atoms with E-state index in [4.69, 9.17) is 9.98 Å². The molecule has 6 nitrogen and oxygen atoms in total. The molecule has 8 rings (SSSR count). The van der Waals surface area contributed by atoms with E-state index < -0.39 is 0 Å². The SMILES string of the molecule is CN(I)c1cc(-c2ccc(C3=NC(c4ccc5c(c4)C(C)(C)c4cccc(-c6ccccc6)c4-5)=NC(c4ccccc4)N3)cc2)ccc1[N+](C)=O. The number of anilines is 1. The van der Waals surface area contributed by atoms with Gasteiger partial charge >= 0.3 is 0 Å². The van der Waals surface area contributed by atoms with Crippen molar-refractivity contribution in [1.29, 1.82) is 0 Å². The summed E-state index contributed by atoms with van der Waals surface area (Å²) in [7, 11) is 3.46. The summed E-state index contributed by atoms with van der Waals surface area (Å²) in [4.78, 5) is 22.5. The van der Waals surface area contributed by atoms with Crippen molar-refractivity contribution in [3.8, 4) is 33.4 Å². The lowest BCUT2D eigenvalue weighted by atomic mass is 9.81. The maximum atomic E-state index is 12.2. The van der Waals surface area contributed by atoms with Crippen LogP contribution in [0.4, 0.5) is 11.4 Å². The molecule has 250 valence electrons. The third kappa shape index (κ3) is 5.95. The quantitative estimate of drug-likeness (QED) is 0.0998. The van der Waals surface area contributed by atoms with Crippen LogP contribution in [0.2, 0.25) is 0 Å². The van der Waals surface area contributed by atoms with Gasteiger partial charge in [0, 0.05) is 39.3 Å². The fourth-order valence-corrected chi connectivity index (χ4v) is 7.74. The number of benzene rings is 6. The summed E-state index contributed by atoms with van der Waals surface area (Å²) in [5, 5.41) is 3.61. The van der Waals surface area contributed by atoms with E-state index in [0.717, 1.165) is 44.1 Å². The van der Waals surface area contributed by atoms with Gasteiger partial charge < -0.3 is 8.43 Å². The van der Waals surface area contributed by atoms with Gasteiger partial charge in [-0.15, -0.1) is 0 Å². The number of halogens is 1. The molecule has 0 fully saturated rings. The molecule has 1 aliphatic carbocycles. The highest BCUT2D eigenvalue weighted by Gasteiger charge is 2.37. The Morgan fingerprint density at radius 3 is 2.06 bits per heavy atom. The molecule has 0 saturated carbocycles. The second-order valence-electron chi connectivity index (χ2n) is 13.6. The van der Waals surface area contributed by atoms with Gasteiger partial charge in [-0.3, -0.25) is 0 Å². The van der Waals surface area contributed by atoms with Gasteiger partial charge in [-0.05, 0) is 68.3 Å². The maximum Gasteiger partial charge on any atom is 0.279 e. The molecule has 1 aliphatic heterocycles. The highest BCUT2D eigenvalue weighted by Crippen LogP contribution is 2.52. The third-order valence-corrected chi connectivity index (χ3v) is 10.6. The van der Waals surface area contributed by atoms with Crippen LogP contribution in [0.25, 0.3) is 33.4 Å². The number of rotatable bonds is 7. The fraction of sp³-hybridized carbons (Fsp3) is 0.136. The first-order chi connectivity index (χ1) is 24.7. The molecule has 1 heterocycles. The van der Waals surface area contributed by atoms with Crippen LogP contribution in [-0.4, -0.2) is 30.5 Å². The number of nitrogens with zero attached hydrogens (tertiary/aromatic N) is 4. The third-order valence-electron chi connectivity index (χ3n) is 10.0. The van der Waals surface area contributed by atoms with Crippen LogP contribution in [-0.2, 0) is 5.41 Å². The largest absolute Gasteiger partial charge is 0.344 e. The van der Waals surface area contributed by atoms with E-state index in [9.17, 15) is 4.91 Å². The predicted molar refractivity (Wildman–Crippen MR) is 218 cm³/mol. The van der Waals surface area contributed by atoms with E-state index in [2.05, 4.69) is 145 Å². The fourth-order valence-electron chi connectivity index (χ4n) is 7.35. The average Bonchev–Trinajstić information content (AvgIpc) is 3.40. The average molecular weight is 779 g/mol. The van der Waals surface area contributed by atoms with Crippen molar-refractivity contribution in [2.45, 2.75) is 25.4 Å². The van der Waals surface area contributed by atoms with E-state index >= 15 is 0 Å². The molecule has 2 aliphatic rings. The van der Waals surface area contributed by atoms with Crippen LogP contribution >= 0.6 is 22.9 Å².